The Bertz CT molecular complexity index is 689. The SMILES string of the molecule is O=C(O)N1CCC(COc2ccc(-c3ccc(CO)cc3)cc2)CC1. The zero-order valence-electron chi connectivity index (χ0n) is 14.1. The summed E-state index contributed by atoms with van der Waals surface area (Å²) in [6, 6.07) is 15.8. The molecule has 25 heavy (non-hydrogen) atoms. The van der Waals surface area contributed by atoms with Crippen molar-refractivity contribution in [3.8, 4) is 16.9 Å². The van der Waals surface area contributed by atoms with Gasteiger partial charge in [-0.15, -0.1) is 0 Å². The zero-order chi connectivity index (χ0) is 17.6. The standard InChI is InChI=1S/C20H23NO4/c22-13-15-1-3-17(4-2-15)18-5-7-19(8-6-18)25-14-16-9-11-21(12-10-16)20(23)24/h1-8,16,22H,9-14H2,(H,23,24). The normalized spacial score (nSPS) is 15.2. The molecule has 1 fully saturated rings. The maximum atomic E-state index is 10.9. The van der Waals surface area contributed by atoms with Crippen LogP contribution in [0, 0.1) is 5.92 Å². The summed E-state index contributed by atoms with van der Waals surface area (Å²) in [5.41, 5.74) is 3.11. The second-order valence-electron chi connectivity index (χ2n) is 6.40. The molecule has 5 nitrogen and oxygen atoms in total. The van der Waals surface area contributed by atoms with Gasteiger partial charge in [-0.2, -0.15) is 0 Å². The molecule has 0 spiro atoms. The number of nitrogens with zero attached hydrogens (tertiary/aromatic N) is 1. The van der Waals surface area contributed by atoms with Gasteiger partial charge < -0.3 is 19.8 Å². The summed E-state index contributed by atoms with van der Waals surface area (Å²) in [4.78, 5) is 12.4. The first-order chi connectivity index (χ1) is 12.2. The number of hydrogen-bond donors (Lipinski definition) is 2. The molecule has 0 aromatic heterocycles. The molecule has 0 saturated carbocycles. The molecular formula is C20H23NO4. The summed E-state index contributed by atoms with van der Waals surface area (Å²) < 4.78 is 5.87. The molecule has 1 aliphatic heterocycles. The van der Waals surface area contributed by atoms with Gasteiger partial charge in [-0.1, -0.05) is 36.4 Å². The van der Waals surface area contributed by atoms with Crippen molar-refractivity contribution >= 4 is 6.09 Å². The van der Waals surface area contributed by atoms with Gasteiger partial charge >= 0.3 is 6.09 Å². The minimum absolute atomic E-state index is 0.0540. The van der Waals surface area contributed by atoms with Gasteiger partial charge in [-0.25, -0.2) is 4.79 Å². The van der Waals surface area contributed by atoms with Gasteiger partial charge in [0.05, 0.1) is 13.2 Å². The molecule has 1 saturated heterocycles. The first kappa shape index (κ1) is 17.3. The topological polar surface area (TPSA) is 70.0 Å². The fourth-order valence-corrected chi connectivity index (χ4v) is 3.05. The molecule has 0 atom stereocenters. The molecule has 0 bridgehead atoms. The number of likely N-dealkylation sites (tertiary alicyclic amines) is 1. The van der Waals surface area contributed by atoms with E-state index in [1.54, 1.807) is 0 Å². The number of carboxylic acid groups (broad SMARTS) is 1. The van der Waals surface area contributed by atoms with E-state index in [2.05, 4.69) is 0 Å². The molecule has 1 amide bonds. The lowest BCUT2D eigenvalue weighted by atomic mass is 9.98. The molecule has 0 unspecified atom stereocenters. The molecule has 2 N–H and O–H groups in total. The molecule has 3 rings (SSSR count). The van der Waals surface area contributed by atoms with E-state index in [0.29, 0.717) is 25.6 Å². The van der Waals surface area contributed by atoms with E-state index in [-0.39, 0.29) is 6.61 Å². The smallest absolute Gasteiger partial charge is 0.407 e. The van der Waals surface area contributed by atoms with Gasteiger partial charge in [0.1, 0.15) is 5.75 Å². The third-order valence-electron chi connectivity index (χ3n) is 4.69. The number of amides is 1. The van der Waals surface area contributed by atoms with E-state index >= 15 is 0 Å². The fourth-order valence-electron chi connectivity index (χ4n) is 3.05. The predicted molar refractivity (Wildman–Crippen MR) is 95.6 cm³/mol. The zero-order valence-corrected chi connectivity index (χ0v) is 14.1. The van der Waals surface area contributed by atoms with Gasteiger partial charge in [-0.05, 0) is 47.6 Å². The Balaban J connectivity index is 1.52. The van der Waals surface area contributed by atoms with Crippen molar-refractivity contribution in [1.82, 2.24) is 4.90 Å². The fraction of sp³-hybridized carbons (Fsp3) is 0.350. The van der Waals surface area contributed by atoms with Crippen molar-refractivity contribution < 1.29 is 19.7 Å². The summed E-state index contributed by atoms with van der Waals surface area (Å²) >= 11 is 0. The lowest BCUT2D eigenvalue weighted by Gasteiger charge is -2.29. The van der Waals surface area contributed by atoms with E-state index in [1.165, 1.54) is 4.90 Å². The Hall–Kier alpha value is -2.53. The van der Waals surface area contributed by atoms with E-state index in [9.17, 15) is 4.79 Å². The molecule has 132 valence electrons. The second-order valence-corrected chi connectivity index (χ2v) is 6.40. The highest BCUT2D eigenvalue weighted by Gasteiger charge is 2.22. The minimum atomic E-state index is -0.832. The van der Waals surface area contributed by atoms with Crippen molar-refractivity contribution in [2.75, 3.05) is 19.7 Å². The average molecular weight is 341 g/mol. The van der Waals surface area contributed by atoms with Crippen LogP contribution in [0.1, 0.15) is 18.4 Å². The van der Waals surface area contributed by atoms with Crippen LogP contribution in [0.5, 0.6) is 5.75 Å². The first-order valence-electron chi connectivity index (χ1n) is 8.56. The van der Waals surface area contributed by atoms with E-state index in [4.69, 9.17) is 14.9 Å². The summed E-state index contributed by atoms with van der Waals surface area (Å²) in [5, 5.41) is 18.1. The maximum absolute atomic E-state index is 10.9. The quantitative estimate of drug-likeness (QED) is 0.871. The van der Waals surface area contributed by atoms with Gasteiger partial charge in [0.2, 0.25) is 0 Å². The van der Waals surface area contributed by atoms with Crippen LogP contribution >= 0.6 is 0 Å². The van der Waals surface area contributed by atoms with Gasteiger partial charge in [-0.3, -0.25) is 0 Å². The Kier molecular flexibility index (Phi) is 5.56. The van der Waals surface area contributed by atoms with Crippen LogP contribution in [0.25, 0.3) is 11.1 Å². The number of ether oxygens (including phenoxy) is 1. The number of rotatable bonds is 5. The molecule has 1 heterocycles. The van der Waals surface area contributed by atoms with Crippen molar-refractivity contribution in [3.63, 3.8) is 0 Å². The highest BCUT2D eigenvalue weighted by molar-refractivity contribution is 5.65. The third kappa shape index (κ3) is 4.51. The number of benzene rings is 2. The summed E-state index contributed by atoms with van der Waals surface area (Å²) in [6.07, 6.45) is 0.866. The minimum Gasteiger partial charge on any atom is -0.493 e. The van der Waals surface area contributed by atoms with Crippen molar-refractivity contribution in [3.05, 3.63) is 54.1 Å². The number of hydrogen-bond acceptors (Lipinski definition) is 3. The third-order valence-corrected chi connectivity index (χ3v) is 4.69. The molecule has 1 aliphatic rings. The van der Waals surface area contributed by atoms with Crippen molar-refractivity contribution in [1.29, 1.82) is 0 Å². The van der Waals surface area contributed by atoms with Crippen molar-refractivity contribution in [2.45, 2.75) is 19.4 Å². The van der Waals surface area contributed by atoms with E-state index < -0.39 is 6.09 Å². The van der Waals surface area contributed by atoms with E-state index in [0.717, 1.165) is 35.3 Å². The number of carbonyl (C=O) groups is 1. The molecule has 2 aromatic rings. The van der Waals surface area contributed by atoms with Crippen LogP contribution in [-0.4, -0.2) is 40.9 Å². The van der Waals surface area contributed by atoms with Crippen LogP contribution in [0.15, 0.2) is 48.5 Å². The monoisotopic (exact) mass is 341 g/mol. The second kappa shape index (κ2) is 8.03. The molecule has 5 heteroatoms. The summed E-state index contributed by atoms with van der Waals surface area (Å²) in [7, 11) is 0. The Morgan fingerprint density at radius 2 is 1.56 bits per heavy atom. The van der Waals surface area contributed by atoms with Gasteiger partial charge in [0, 0.05) is 13.1 Å². The molecule has 0 aliphatic carbocycles. The average Bonchev–Trinajstić information content (AvgIpc) is 2.67. The van der Waals surface area contributed by atoms with Crippen LogP contribution in [0.4, 0.5) is 4.79 Å². The lowest BCUT2D eigenvalue weighted by molar-refractivity contribution is 0.111. The molecular weight excluding hydrogens is 318 g/mol. The summed E-state index contributed by atoms with van der Waals surface area (Å²) in [6.45, 7) is 1.86. The van der Waals surface area contributed by atoms with Gasteiger partial charge in [0.15, 0.2) is 0 Å². The number of aliphatic hydroxyl groups excluding tert-OH is 1. The lowest BCUT2D eigenvalue weighted by Crippen LogP contribution is -2.38. The Morgan fingerprint density at radius 3 is 2.08 bits per heavy atom. The number of aliphatic hydroxyl groups is 1. The highest BCUT2D eigenvalue weighted by atomic mass is 16.5. The van der Waals surface area contributed by atoms with Gasteiger partial charge in [0.25, 0.3) is 0 Å². The maximum Gasteiger partial charge on any atom is 0.407 e. The largest absolute Gasteiger partial charge is 0.493 e. The number of piperidine rings is 1. The first-order valence-corrected chi connectivity index (χ1v) is 8.56. The van der Waals surface area contributed by atoms with Crippen molar-refractivity contribution in [2.24, 2.45) is 5.92 Å². The molecule has 2 aromatic carbocycles. The molecule has 0 radical (unpaired) electrons. The Morgan fingerprint density at radius 1 is 1.00 bits per heavy atom. The highest BCUT2D eigenvalue weighted by Crippen LogP contribution is 2.24. The predicted octanol–water partition coefficient (Wildman–Crippen LogP) is 3.61. The van der Waals surface area contributed by atoms with Crippen LogP contribution < -0.4 is 4.74 Å². The van der Waals surface area contributed by atoms with E-state index in [1.807, 2.05) is 48.5 Å². The van der Waals surface area contributed by atoms with Crippen LogP contribution in [0.3, 0.4) is 0 Å². The Labute approximate surface area is 147 Å². The van der Waals surface area contributed by atoms with Crippen LogP contribution in [0.2, 0.25) is 0 Å². The summed E-state index contributed by atoms with van der Waals surface area (Å²) in [5.74, 6) is 1.23. The van der Waals surface area contributed by atoms with Crippen LogP contribution in [-0.2, 0) is 6.61 Å².